The molecule has 0 saturated heterocycles. The second-order valence-corrected chi connectivity index (χ2v) is 4.65. The third kappa shape index (κ3) is 5.71. The summed E-state index contributed by atoms with van der Waals surface area (Å²) in [5.74, 6) is -1.63. The fourth-order valence-electron chi connectivity index (χ4n) is 1.34. The van der Waals surface area contributed by atoms with Crippen molar-refractivity contribution in [2.24, 2.45) is 0 Å². The minimum absolute atomic E-state index is 0.222. The molecule has 0 saturated carbocycles. The van der Waals surface area contributed by atoms with Crippen LogP contribution in [-0.4, -0.2) is 22.5 Å². The molecule has 0 unspecified atom stereocenters. The molecule has 0 aromatic heterocycles. The second-order valence-electron chi connectivity index (χ2n) is 3.78. The first-order valence-corrected chi connectivity index (χ1v) is 6.46. The van der Waals surface area contributed by atoms with Gasteiger partial charge in [-0.1, -0.05) is 35.3 Å². The number of rotatable bonds is 2. The fraction of sp³-hybridized carbons (Fsp3) is 0. The highest BCUT2D eigenvalue weighted by Gasteiger charge is 2.06. The van der Waals surface area contributed by atoms with Crippen LogP contribution in [0.25, 0.3) is 0 Å². The molecular formula is C14H10Cl2O6. The summed E-state index contributed by atoms with van der Waals surface area (Å²) < 4.78 is 0. The Morgan fingerprint density at radius 2 is 1.14 bits per heavy atom. The topological polar surface area (TPSA) is 93.1 Å². The highest BCUT2D eigenvalue weighted by molar-refractivity contribution is 6.31. The van der Waals surface area contributed by atoms with Gasteiger partial charge < -0.3 is 0 Å². The van der Waals surface area contributed by atoms with Crippen LogP contribution in [0.15, 0.2) is 48.5 Å². The third-order valence-electron chi connectivity index (χ3n) is 2.29. The molecule has 0 heterocycles. The number of hydrogen-bond acceptors (Lipinski definition) is 6. The lowest BCUT2D eigenvalue weighted by molar-refractivity contribution is -0.182. The number of carbonyl (C=O) groups is 2. The van der Waals surface area contributed by atoms with E-state index in [1.165, 1.54) is 24.3 Å². The van der Waals surface area contributed by atoms with Crippen molar-refractivity contribution in [2.45, 2.75) is 0 Å². The Bertz CT molecular complexity index is 602. The van der Waals surface area contributed by atoms with Crippen LogP contribution in [0.1, 0.15) is 20.7 Å². The summed E-state index contributed by atoms with van der Waals surface area (Å²) in [6.45, 7) is 0. The maximum atomic E-state index is 10.6. The summed E-state index contributed by atoms with van der Waals surface area (Å²) in [5, 5.41) is 16.8. The van der Waals surface area contributed by atoms with Crippen molar-refractivity contribution in [2.75, 3.05) is 0 Å². The number of carbonyl (C=O) groups excluding carboxylic acids is 2. The van der Waals surface area contributed by atoms with Gasteiger partial charge in [0.05, 0.1) is 11.1 Å². The Hall–Kier alpha value is -2.12. The number of hydrogen-bond donors (Lipinski definition) is 2. The molecule has 22 heavy (non-hydrogen) atoms. The first-order chi connectivity index (χ1) is 10.5. The highest BCUT2D eigenvalue weighted by Crippen LogP contribution is 2.11. The summed E-state index contributed by atoms with van der Waals surface area (Å²) in [5.41, 5.74) is 0.444. The van der Waals surface area contributed by atoms with E-state index in [-0.39, 0.29) is 11.1 Å². The summed E-state index contributed by atoms with van der Waals surface area (Å²) in [6, 6.07) is 12.2. The van der Waals surface area contributed by atoms with E-state index >= 15 is 0 Å². The van der Waals surface area contributed by atoms with Crippen molar-refractivity contribution in [3.63, 3.8) is 0 Å². The summed E-state index contributed by atoms with van der Waals surface area (Å²) in [4.78, 5) is 28.3. The molecule has 0 atom stereocenters. The molecule has 0 fully saturated rings. The van der Waals surface area contributed by atoms with Crippen LogP contribution >= 0.6 is 23.2 Å². The van der Waals surface area contributed by atoms with E-state index in [2.05, 4.69) is 9.78 Å². The first kappa shape index (κ1) is 17.9. The van der Waals surface area contributed by atoms with Crippen LogP contribution in [0.4, 0.5) is 0 Å². The zero-order chi connectivity index (χ0) is 16.5. The van der Waals surface area contributed by atoms with E-state index in [9.17, 15) is 9.59 Å². The Balaban J connectivity index is 0.000000220. The van der Waals surface area contributed by atoms with E-state index in [1.54, 1.807) is 24.3 Å². The monoisotopic (exact) mass is 344 g/mol. The van der Waals surface area contributed by atoms with Crippen LogP contribution < -0.4 is 0 Å². The van der Waals surface area contributed by atoms with E-state index in [0.717, 1.165) is 0 Å². The van der Waals surface area contributed by atoms with Crippen LogP contribution in [0.3, 0.4) is 0 Å². The molecule has 0 amide bonds. The average molecular weight is 345 g/mol. The van der Waals surface area contributed by atoms with Gasteiger partial charge in [-0.25, -0.2) is 9.59 Å². The van der Waals surface area contributed by atoms with Gasteiger partial charge in [0.25, 0.3) is 0 Å². The minimum Gasteiger partial charge on any atom is -0.296 e. The van der Waals surface area contributed by atoms with Crippen molar-refractivity contribution < 1.29 is 29.9 Å². The average Bonchev–Trinajstić information content (AvgIpc) is 2.54. The van der Waals surface area contributed by atoms with E-state index < -0.39 is 11.9 Å². The van der Waals surface area contributed by atoms with Crippen LogP contribution in [0, 0.1) is 0 Å². The van der Waals surface area contributed by atoms with Crippen LogP contribution in [0.5, 0.6) is 0 Å². The van der Waals surface area contributed by atoms with E-state index in [0.29, 0.717) is 10.0 Å². The van der Waals surface area contributed by atoms with Gasteiger partial charge in [-0.15, -0.1) is 0 Å². The molecule has 116 valence electrons. The SMILES string of the molecule is O=C(OO)c1cccc(Cl)c1.O=C(OO)c1cccc(Cl)c1. The number of halogens is 2. The lowest BCUT2D eigenvalue weighted by atomic mass is 10.2. The van der Waals surface area contributed by atoms with E-state index in [1.807, 2.05) is 0 Å². The van der Waals surface area contributed by atoms with Crippen molar-refractivity contribution in [3.8, 4) is 0 Å². The Morgan fingerprint density at radius 1 is 0.773 bits per heavy atom. The Morgan fingerprint density at radius 3 is 1.41 bits per heavy atom. The van der Waals surface area contributed by atoms with E-state index in [4.69, 9.17) is 33.7 Å². The van der Waals surface area contributed by atoms with Gasteiger partial charge in [-0.3, -0.25) is 9.78 Å². The predicted molar refractivity (Wildman–Crippen MR) is 79.0 cm³/mol. The van der Waals surface area contributed by atoms with Crippen molar-refractivity contribution >= 4 is 35.1 Å². The fourth-order valence-corrected chi connectivity index (χ4v) is 1.72. The van der Waals surface area contributed by atoms with Gasteiger partial charge >= 0.3 is 11.9 Å². The molecule has 0 aliphatic rings. The molecule has 2 aromatic rings. The molecule has 6 nitrogen and oxygen atoms in total. The maximum absolute atomic E-state index is 10.6. The molecule has 0 spiro atoms. The number of benzene rings is 2. The van der Waals surface area contributed by atoms with Crippen molar-refractivity contribution in [1.29, 1.82) is 0 Å². The Kier molecular flexibility index (Phi) is 7.34. The quantitative estimate of drug-likeness (QED) is 0.633. The third-order valence-corrected chi connectivity index (χ3v) is 2.76. The van der Waals surface area contributed by atoms with Gasteiger partial charge in [0.2, 0.25) is 0 Å². The zero-order valence-corrected chi connectivity index (χ0v) is 12.4. The normalized spacial score (nSPS) is 9.27. The van der Waals surface area contributed by atoms with Crippen molar-refractivity contribution in [3.05, 3.63) is 69.7 Å². The largest absolute Gasteiger partial charge is 0.372 e. The second kappa shape index (κ2) is 9.01. The lowest BCUT2D eigenvalue weighted by Gasteiger charge is -1.95. The minimum atomic E-state index is -0.813. The summed E-state index contributed by atoms with van der Waals surface area (Å²) in [7, 11) is 0. The maximum Gasteiger partial charge on any atom is 0.372 e. The van der Waals surface area contributed by atoms with Crippen LogP contribution in [0.2, 0.25) is 10.0 Å². The summed E-state index contributed by atoms with van der Waals surface area (Å²) >= 11 is 11.1. The molecule has 0 aliphatic carbocycles. The van der Waals surface area contributed by atoms with Gasteiger partial charge in [0.15, 0.2) is 0 Å². The summed E-state index contributed by atoms with van der Waals surface area (Å²) in [6.07, 6.45) is 0. The standard InChI is InChI=1S/2C7H5ClO3/c2*8-6-3-1-2-5(4-6)7(9)11-10/h2*1-4,10H. The molecule has 2 N–H and O–H groups in total. The molecule has 0 radical (unpaired) electrons. The lowest BCUT2D eigenvalue weighted by Crippen LogP contribution is -2.00. The van der Waals surface area contributed by atoms with Crippen molar-refractivity contribution in [1.82, 2.24) is 0 Å². The van der Waals surface area contributed by atoms with Crippen LogP contribution in [-0.2, 0) is 9.78 Å². The van der Waals surface area contributed by atoms with Gasteiger partial charge in [-0.2, -0.15) is 10.5 Å². The molecule has 0 aliphatic heterocycles. The molecule has 0 bridgehead atoms. The predicted octanol–water partition coefficient (Wildman–Crippen LogP) is 3.94. The van der Waals surface area contributed by atoms with Gasteiger partial charge in [-0.05, 0) is 36.4 Å². The van der Waals surface area contributed by atoms with Gasteiger partial charge in [0.1, 0.15) is 0 Å². The molecule has 2 rings (SSSR count). The molecule has 8 heteroatoms. The molecular weight excluding hydrogens is 335 g/mol. The smallest absolute Gasteiger partial charge is 0.296 e. The highest BCUT2D eigenvalue weighted by atomic mass is 35.5. The Labute approximate surface area is 135 Å². The molecule has 2 aromatic carbocycles. The van der Waals surface area contributed by atoms with Gasteiger partial charge in [0, 0.05) is 10.0 Å². The first-order valence-electron chi connectivity index (χ1n) is 5.70. The zero-order valence-electron chi connectivity index (χ0n) is 10.9.